The Morgan fingerprint density at radius 3 is 2.52 bits per heavy atom. The van der Waals surface area contributed by atoms with Crippen molar-refractivity contribution < 1.29 is 28.6 Å². The van der Waals surface area contributed by atoms with Crippen molar-refractivity contribution in [3.8, 4) is 0 Å². The normalized spacial score (nSPS) is 19.0. The Morgan fingerprint density at radius 1 is 1.29 bits per heavy atom. The van der Waals surface area contributed by atoms with E-state index in [0.717, 1.165) is 0 Å². The zero-order valence-corrected chi connectivity index (χ0v) is 13.0. The molecule has 0 radical (unpaired) electrons. The number of nitrogens with zero attached hydrogens (tertiary/aromatic N) is 1. The highest BCUT2D eigenvalue weighted by molar-refractivity contribution is 5.99. The van der Waals surface area contributed by atoms with Crippen LogP contribution in [0.5, 0.6) is 0 Å². The van der Waals surface area contributed by atoms with Gasteiger partial charge in [0, 0.05) is 6.54 Å². The number of carbonyl (C=O) groups is 3. The van der Waals surface area contributed by atoms with Gasteiger partial charge in [-0.2, -0.15) is 0 Å². The first-order valence-corrected chi connectivity index (χ1v) is 7.00. The van der Waals surface area contributed by atoms with Crippen LogP contribution in [0.15, 0.2) is 0 Å². The first-order chi connectivity index (χ1) is 9.74. The Labute approximate surface area is 124 Å². The maximum absolute atomic E-state index is 12.1. The molecule has 1 heterocycles. The van der Waals surface area contributed by atoms with Gasteiger partial charge in [-0.25, -0.2) is 4.79 Å². The minimum Gasteiger partial charge on any atom is -0.466 e. The van der Waals surface area contributed by atoms with Gasteiger partial charge >= 0.3 is 12.1 Å². The average Bonchev–Trinajstić information content (AvgIpc) is 2.36. The molecule has 0 spiro atoms. The van der Waals surface area contributed by atoms with Crippen molar-refractivity contribution in [2.24, 2.45) is 0 Å². The van der Waals surface area contributed by atoms with Gasteiger partial charge in [0.05, 0.1) is 19.8 Å². The van der Waals surface area contributed by atoms with Crippen LogP contribution in [0.2, 0.25) is 0 Å². The molecule has 0 saturated carbocycles. The smallest absolute Gasteiger partial charge is 0.411 e. The summed E-state index contributed by atoms with van der Waals surface area (Å²) < 4.78 is 15.3. The largest absolute Gasteiger partial charge is 0.466 e. The number of hydrogen-bond acceptors (Lipinski definition) is 6. The molecule has 0 unspecified atom stereocenters. The lowest BCUT2D eigenvalue weighted by Gasteiger charge is -2.35. The van der Waals surface area contributed by atoms with Crippen molar-refractivity contribution in [3.63, 3.8) is 0 Å². The SMILES string of the molecule is CCOC(=O)CC(=O)[C@H]1COCCN1C(=O)OC(C)(C)C. The van der Waals surface area contributed by atoms with E-state index in [1.807, 2.05) is 0 Å². The molecule has 0 aliphatic carbocycles. The second-order valence-electron chi connectivity index (χ2n) is 5.71. The lowest BCUT2D eigenvalue weighted by atomic mass is 10.1. The van der Waals surface area contributed by atoms with Crippen molar-refractivity contribution >= 4 is 17.8 Å². The van der Waals surface area contributed by atoms with E-state index in [9.17, 15) is 14.4 Å². The topological polar surface area (TPSA) is 82.1 Å². The standard InChI is InChI=1S/C14H23NO6/c1-5-20-12(17)8-11(16)10-9-19-7-6-15(10)13(18)21-14(2,3)4/h10H,5-9H2,1-4H3/t10-/m1/s1. The maximum Gasteiger partial charge on any atom is 0.411 e. The molecule has 7 heteroatoms. The van der Waals surface area contributed by atoms with Crippen molar-refractivity contribution in [2.45, 2.75) is 45.8 Å². The van der Waals surface area contributed by atoms with Crippen LogP contribution in [-0.2, 0) is 23.8 Å². The molecule has 1 aliphatic heterocycles. The molecular weight excluding hydrogens is 278 g/mol. The molecular formula is C14H23NO6. The fourth-order valence-electron chi connectivity index (χ4n) is 1.88. The number of rotatable bonds is 4. The van der Waals surface area contributed by atoms with Gasteiger partial charge in [0.2, 0.25) is 0 Å². The van der Waals surface area contributed by atoms with E-state index in [2.05, 4.69) is 0 Å². The number of hydrogen-bond donors (Lipinski definition) is 0. The molecule has 0 aromatic heterocycles. The molecule has 21 heavy (non-hydrogen) atoms. The number of ketones is 1. The Kier molecular flexibility index (Phi) is 6.14. The molecule has 1 saturated heterocycles. The predicted octanol–water partition coefficient (Wildman–Crippen LogP) is 1.14. The summed E-state index contributed by atoms with van der Waals surface area (Å²) in [6.07, 6.45) is -0.950. The van der Waals surface area contributed by atoms with Crippen LogP contribution in [0.3, 0.4) is 0 Å². The highest BCUT2D eigenvalue weighted by Gasteiger charge is 2.36. The van der Waals surface area contributed by atoms with Gasteiger partial charge in [-0.1, -0.05) is 0 Å². The van der Waals surface area contributed by atoms with E-state index in [1.54, 1.807) is 27.7 Å². The second kappa shape index (κ2) is 7.40. The van der Waals surface area contributed by atoms with Crippen LogP contribution in [0.4, 0.5) is 4.79 Å². The third-order valence-electron chi connectivity index (χ3n) is 2.75. The molecule has 0 aromatic carbocycles. The first-order valence-electron chi connectivity index (χ1n) is 7.00. The summed E-state index contributed by atoms with van der Waals surface area (Å²) in [7, 11) is 0. The lowest BCUT2D eigenvalue weighted by molar-refractivity contribution is -0.148. The van der Waals surface area contributed by atoms with Gasteiger partial charge in [0.1, 0.15) is 18.1 Å². The lowest BCUT2D eigenvalue weighted by Crippen LogP contribution is -2.54. The molecule has 1 atom stereocenters. The van der Waals surface area contributed by atoms with E-state index < -0.39 is 29.5 Å². The van der Waals surface area contributed by atoms with E-state index in [0.29, 0.717) is 6.61 Å². The number of morpholine rings is 1. The molecule has 1 fully saturated rings. The van der Waals surface area contributed by atoms with Crippen LogP contribution >= 0.6 is 0 Å². The summed E-state index contributed by atoms with van der Waals surface area (Å²) in [4.78, 5) is 37.0. The van der Waals surface area contributed by atoms with Crippen molar-refractivity contribution in [1.29, 1.82) is 0 Å². The third kappa shape index (κ3) is 5.71. The molecule has 120 valence electrons. The summed E-state index contributed by atoms with van der Waals surface area (Å²) in [6, 6.07) is -0.807. The van der Waals surface area contributed by atoms with Crippen LogP contribution in [-0.4, -0.2) is 60.8 Å². The Hall–Kier alpha value is -1.63. The number of Topliss-reactive ketones (excluding diaryl/α,β-unsaturated/α-hetero) is 1. The monoisotopic (exact) mass is 301 g/mol. The fraction of sp³-hybridized carbons (Fsp3) is 0.786. The molecule has 1 aliphatic rings. The van der Waals surface area contributed by atoms with Gasteiger partial charge in [-0.05, 0) is 27.7 Å². The van der Waals surface area contributed by atoms with Crippen LogP contribution in [0.1, 0.15) is 34.1 Å². The number of amides is 1. The van der Waals surface area contributed by atoms with Crippen molar-refractivity contribution in [1.82, 2.24) is 4.90 Å². The summed E-state index contributed by atoms with van der Waals surface area (Å²) in [5, 5.41) is 0. The molecule has 0 bridgehead atoms. The van der Waals surface area contributed by atoms with Gasteiger partial charge < -0.3 is 14.2 Å². The third-order valence-corrected chi connectivity index (χ3v) is 2.75. The van der Waals surface area contributed by atoms with Crippen LogP contribution in [0, 0.1) is 0 Å². The molecule has 0 N–H and O–H groups in total. The highest BCUT2D eigenvalue weighted by atomic mass is 16.6. The minimum absolute atomic E-state index is 0.0669. The average molecular weight is 301 g/mol. The minimum atomic E-state index is -0.807. The first kappa shape index (κ1) is 17.4. The second-order valence-corrected chi connectivity index (χ2v) is 5.71. The summed E-state index contributed by atoms with van der Waals surface area (Å²) >= 11 is 0. The number of ether oxygens (including phenoxy) is 3. The van der Waals surface area contributed by atoms with Crippen LogP contribution in [0.25, 0.3) is 0 Å². The highest BCUT2D eigenvalue weighted by Crippen LogP contribution is 2.16. The van der Waals surface area contributed by atoms with Crippen molar-refractivity contribution in [2.75, 3.05) is 26.4 Å². The van der Waals surface area contributed by atoms with E-state index in [1.165, 1.54) is 4.90 Å². The van der Waals surface area contributed by atoms with Crippen LogP contribution < -0.4 is 0 Å². The van der Waals surface area contributed by atoms with Gasteiger partial charge in [0.25, 0.3) is 0 Å². The quantitative estimate of drug-likeness (QED) is 0.572. The van der Waals surface area contributed by atoms with Gasteiger partial charge in [0.15, 0.2) is 5.78 Å². The van der Waals surface area contributed by atoms with Gasteiger partial charge in [-0.3, -0.25) is 14.5 Å². The van der Waals surface area contributed by atoms with E-state index in [4.69, 9.17) is 14.2 Å². The zero-order chi connectivity index (χ0) is 16.0. The summed E-state index contributed by atoms with van der Waals surface area (Å²) in [5.41, 5.74) is -0.649. The molecule has 0 aromatic rings. The Morgan fingerprint density at radius 2 is 1.95 bits per heavy atom. The Balaban J connectivity index is 2.70. The van der Waals surface area contributed by atoms with E-state index in [-0.39, 0.29) is 26.2 Å². The van der Waals surface area contributed by atoms with E-state index >= 15 is 0 Å². The summed E-state index contributed by atoms with van der Waals surface area (Å²) in [5.74, 6) is -1.00. The fourth-order valence-corrected chi connectivity index (χ4v) is 1.88. The molecule has 1 amide bonds. The Bertz CT molecular complexity index is 401. The molecule has 1 rings (SSSR count). The molecule has 7 nitrogen and oxygen atoms in total. The maximum atomic E-state index is 12.1. The summed E-state index contributed by atoms with van der Waals surface area (Å²) in [6.45, 7) is 7.79. The number of esters is 1. The predicted molar refractivity (Wildman–Crippen MR) is 73.8 cm³/mol. The number of carbonyl (C=O) groups excluding carboxylic acids is 3. The van der Waals surface area contributed by atoms with Crippen molar-refractivity contribution in [3.05, 3.63) is 0 Å². The van der Waals surface area contributed by atoms with Gasteiger partial charge in [-0.15, -0.1) is 0 Å². The zero-order valence-electron chi connectivity index (χ0n) is 13.0.